The van der Waals surface area contributed by atoms with Crippen molar-refractivity contribution in [3.63, 3.8) is 0 Å². The first kappa shape index (κ1) is 7.26. The van der Waals surface area contributed by atoms with Crippen molar-refractivity contribution in [2.45, 2.75) is 18.6 Å². The molecule has 1 rings (SSSR count). The Hall–Kier alpha value is 0.150. The second-order valence-electron chi connectivity index (χ2n) is 1.91. The first-order valence-corrected chi connectivity index (χ1v) is 3.03. The minimum atomic E-state index is -0.412. The Morgan fingerprint density at radius 3 is 2.44 bits per heavy atom. The van der Waals surface area contributed by atoms with E-state index in [9.17, 15) is 0 Å². The molecular weight excluding hydrogens is 140 g/mol. The van der Waals surface area contributed by atoms with Gasteiger partial charge in [-0.15, -0.1) is 5.17 Å². The van der Waals surface area contributed by atoms with Crippen LogP contribution in [0.25, 0.3) is 0 Å². The summed E-state index contributed by atoms with van der Waals surface area (Å²) in [5, 5.41) is 11.1. The van der Waals surface area contributed by atoms with E-state index >= 15 is 0 Å². The molecule has 0 spiro atoms. The van der Waals surface area contributed by atoms with Gasteiger partial charge >= 0.3 is 0 Å². The van der Waals surface area contributed by atoms with E-state index in [1.807, 2.05) is 0 Å². The van der Waals surface area contributed by atoms with Crippen LogP contribution in [0.4, 0.5) is 0 Å². The monoisotopic (exact) mass is 149 g/mol. The zero-order chi connectivity index (χ0) is 7.02. The molecule has 0 aromatic carbocycles. The van der Waals surface area contributed by atoms with Crippen molar-refractivity contribution in [3.8, 4) is 0 Å². The zero-order valence-corrected chi connectivity index (χ0v) is 5.80. The van der Waals surface area contributed by atoms with Crippen molar-refractivity contribution in [1.29, 1.82) is 0 Å². The van der Waals surface area contributed by atoms with Gasteiger partial charge in [0.2, 0.25) is 0 Å². The predicted molar refractivity (Wildman–Crippen MR) is 33.4 cm³/mol. The normalized spacial score (nSPS) is 40.0. The van der Waals surface area contributed by atoms with Crippen molar-refractivity contribution in [3.05, 3.63) is 0 Å². The third kappa shape index (κ3) is 1.18. The highest BCUT2D eigenvalue weighted by molar-refractivity contribution is 7.59. The molecule has 4 N–H and O–H groups in total. The van der Waals surface area contributed by atoms with Crippen LogP contribution in [0, 0.1) is 0 Å². The van der Waals surface area contributed by atoms with Crippen LogP contribution in [-0.2, 0) is 12.6 Å². The molecule has 0 radical (unpaired) electrons. The number of hydroxylamine groups is 1. The Morgan fingerprint density at radius 2 is 2.33 bits per heavy atom. The maximum Gasteiger partial charge on any atom is 0.112 e. The Morgan fingerprint density at radius 1 is 1.78 bits per heavy atom. The van der Waals surface area contributed by atoms with E-state index in [0.29, 0.717) is 0 Å². The van der Waals surface area contributed by atoms with E-state index in [2.05, 4.69) is 5.43 Å². The lowest BCUT2D eigenvalue weighted by molar-refractivity contribution is -0.153. The van der Waals surface area contributed by atoms with Gasteiger partial charge in [0, 0.05) is 0 Å². The fourth-order valence-electron chi connectivity index (χ4n) is 0.610. The molecule has 9 heavy (non-hydrogen) atoms. The summed E-state index contributed by atoms with van der Waals surface area (Å²) in [5.41, 5.74) is 2.11. The number of hydrazine groups is 2. The van der Waals surface area contributed by atoms with Crippen molar-refractivity contribution in [2.75, 3.05) is 0 Å². The van der Waals surface area contributed by atoms with Gasteiger partial charge in [0.25, 0.3) is 0 Å². The molecule has 0 aliphatic carbocycles. The molecular formula is C3H9N4OS-. The molecule has 0 saturated carbocycles. The van der Waals surface area contributed by atoms with E-state index in [1.54, 1.807) is 6.92 Å². The van der Waals surface area contributed by atoms with Gasteiger partial charge in [-0.25, -0.2) is 10.4 Å². The van der Waals surface area contributed by atoms with Crippen molar-refractivity contribution < 1.29 is 5.21 Å². The Bertz CT molecular complexity index is 100.0. The second-order valence-corrected chi connectivity index (χ2v) is 2.35. The van der Waals surface area contributed by atoms with Gasteiger partial charge in [-0.3, -0.25) is 11.0 Å². The van der Waals surface area contributed by atoms with E-state index in [4.69, 9.17) is 23.7 Å². The van der Waals surface area contributed by atoms with Crippen LogP contribution in [-0.4, -0.2) is 27.1 Å². The molecule has 1 aliphatic rings. The zero-order valence-electron chi connectivity index (χ0n) is 4.98. The third-order valence-corrected chi connectivity index (χ3v) is 1.65. The van der Waals surface area contributed by atoms with E-state index in [1.165, 1.54) is 5.01 Å². The molecule has 0 aromatic heterocycles. The number of nitrogens with zero attached hydrogens (tertiary/aromatic N) is 2. The van der Waals surface area contributed by atoms with Crippen LogP contribution < -0.4 is 11.3 Å². The maximum atomic E-state index is 8.87. The Balaban J connectivity index is 2.54. The molecule has 1 heterocycles. The molecule has 1 saturated heterocycles. The standard InChI is InChI=1S/C3H10N4OS/c1-2-6(4)3(9)5-7(2)8/h2-3,5,8-9H,4H2,1H3/p-1. The molecule has 2 atom stereocenters. The minimum Gasteiger partial charge on any atom is -0.755 e. The summed E-state index contributed by atoms with van der Waals surface area (Å²) in [7, 11) is 0. The minimum absolute atomic E-state index is 0.257. The van der Waals surface area contributed by atoms with Crippen LogP contribution in [0.15, 0.2) is 0 Å². The largest absolute Gasteiger partial charge is 0.755 e. The van der Waals surface area contributed by atoms with Crippen LogP contribution in [0.5, 0.6) is 0 Å². The quantitative estimate of drug-likeness (QED) is 0.289. The van der Waals surface area contributed by atoms with Gasteiger partial charge in [0.1, 0.15) is 6.17 Å². The highest BCUT2D eigenvalue weighted by Gasteiger charge is 2.25. The lowest BCUT2D eigenvalue weighted by atomic mass is 10.6. The molecule has 6 heteroatoms. The second kappa shape index (κ2) is 2.41. The molecule has 1 aliphatic heterocycles. The first-order chi connectivity index (χ1) is 4.13. The highest BCUT2D eigenvalue weighted by atomic mass is 32.1. The molecule has 54 valence electrons. The molecule has 5 nitrogen and oxygen atoms in total. The fourth-order valence-corrected chi connectivity index (χ4v) is 0.894. The van der Waals surface area contributed by atoms with Crippen LogP contribution >= 0.6 is 0 Å². The summed E-state index contributed by atoms with van der Waals surface area (Å²) in [6.45, 7) is 1.74. The SMILES string of the molecule is CC1N(O)NC([S-])N1N. The number of nitrogens with two attached hydrogens (primary N) is 1. The van der Waals surface area contributed by atoms with Gasteiger partial charge < -0.3 is 12.6 Å². The molecule has 0 aromatic rings. The lowest BCUT2D eigenvalue weighted by Gasteiger charge is -2.24. The smallest absolute Gasteiger partial charge is 0.112 e. The van der Waals surface area contributed by atoms with Crippen LogP contribution in [0.1, 0.15) is 6.92 Å². The van der Waals surface area contributed by atoms with Gasteiger partial charge in [-0.05, 0) is 12.4 Å². The predicted octanol–water partition coefficient (Wildman–Crippen LogP) is -1.45. The van der Waals surface area contributed by atoms with E-state index in [0.717, 1.165) is 5.17 Å². The average Bonchev–Trinajstić information content (AvgIpc) is 1.98. The average molecular weight is 149 g/mol. The highest BCUT2D eigenvalue weighted by Crippen LogP contribution is 2.06. The van der Waals surface area contributed by atoms with Crippen LogP contribution in [0.2, 0.25) is 0 Å². The topological polar surface area (TPSA) is 64.8 Å². The summed E-state index contributed by atoms with van der Waals surface area (Å²) >= 11 is 4.77. The van der Waals surface area contributed by atoms with Gasteiger partial charge in [0.15, 0.2) is 0 Å². The summed E-state index contributed by atoms with van der Waals surface area (Å²) < 4.78 is 0. The Kier molecular flexibility index (Phi) is 1.94. The molecule has 2 unspecified atom stereocenters. The fraction of sp³-hybridized carbons (Fsp3) is 1.00. The van der Waals surface area contributed by atoms with Gasteiger partial charge in [0.05, 0.1) is 0 Å². The van der Waals surface area contributed by atoms with Crippen molar-refractivity contribution >= 4 is 12.6 Å². The van der Waals surface area contributed by atoms with Crippen molar-refractivity contribution in [1.82, 2.24) is 15.6 Å². The van der Waals surface area contributed by atoms with Gasteiger partial charge in [-0.2, -0.15) is 0 Å². The lowest BCUT2D eigenvalue weighted by Crippen LogP contribution is -2.42. The number of nitrogens with one attached hydrogen (secondary N) is 1. The van der Waals surface area contributed by atoms with Crippen LogP contribution in [0.3, 0.4) is 0 Å². The van der Waals surface area contributed by atoms with E-state index < -0.39 is 5.50 Å². The third-order valence-electron chi connectivity index (χ3n) is 1.30. The maximum absolute atomic E-state index is 8.87. The Labute approximate surface area is 58.7 Å². The molecule has 0 amide bonds. The number of hydrogen-bond acceptors (Lipinski definition) is 6. The number of hydrogen-bond donors (Lipinski definition) is 3. The number of rotatable bonds is 0. The molecule has 1 fully saturated rings. The molecule has 0 bridgehead atoms. The van der Waals surface area contributed by atoms with Crippen molar-refractivity contribution in [2.24, 2.45) is 5.84 Å². The summed E-state index contributed by atoms with van der Waals surface area (Å²) in [5.74, 6) is 5.38. The van der Waals surface area contributed by atoms with E-state index in [-0.39, 0.29) is 6.17 Å². The summed E-state index contributed by atoms with van der Waals surface area (Å²) in [4.78, 5) is 0. The summed E-state index contributed by atoms with van der Waals surface area (Å²) in [6.07, 6.45) is -0.257. The summed E-state index contributed by atoms with van der Waals surface area (Å²) in [6, 6.07) is 0. The first-order valence-electron chi connectivity index (χ1n) is 2.56. The van der Waals surface area contributed by atoms with Gasteiger partial charge in [-0.1, -0.05) is 0 Å².